The van der Waals surface area contributed by atoms with Gasteiger partial charge < -0.3 is 5.11 Å². The summed E-state index contributed by atoms with van der Waals surface area (Å²) < 4.78 is 0. The average molecular weight is 323 g/mol. The Labute approximate surface area is 144 Å². The normalized spacial score (nSPS) is 13.1. The van der Waals surface area contributed by atoms with Crippen LogP contribution in [0, 0.1) is 5.92 Å². The van der Waals surface area contributed by atoms with Crippen molar-refractivity contribution in [3.8, 4) is 0 Å². The molecule has 1 N–H and O–H groups in total. The van der Waals surface area contributed by atoms with Gasteiger partial charge in [0.2, 0.25) is 0 Å². The van der Waals surface area contributed by atoms with Crippen LogP contribution in [0.25, 0.3) is 0 Å². The molecule has 0 aromatic heterocycles. The molecule has 0 bridgehead atoms. The fourth-order valence-corrected chi connectivity index (χ4v) is 2.71. The van der Waals surface area contributed by atoms with E-state index in [1.807, 2.05) is 0 Å². The molecule has 0 aromatic rings. The third-order valence-corrected chi connectivity index (χ3v) is 4.24. The monoisotopic (exact) mass is 322 g/mol. The highest BCUT2D eigenvalue weighted by molar-refractivity contribution is 5.79. The second-order valence-electron chi connectivity index (χ2n) is 6.69. The van der Waals surface area contributed by atoms with Crippen LogP contribution >= 0.6 is 0 Å². The molecule has 0 saturated carbocycles. The summed E-state index contributed by atoms with van der Waals surface area (Å²) in [6.45, 7) is 4.34. The topological polar surface area (TPSA) is 37.3 Å². The number of allylic oxidation sites excluding steroid dienone is 3. The number of hydrogen-bond donors (Lipinski definition) is 1. The lowest BCUT2D eigenvalue weighted by Gasteiger charge is -2.03. The molecule has 0 aliphatic rings. The first-order valence-electron chi connectivity index (χ1n) is 9.73. The van der Waals surface area contributed by atoms with E-state index < -0.39 is 5.97 Å². The molecule has 134 valence electrons. The van der Waals surface area contributed by atoms with Crippen molar-refractivity contribution < 1.29 is 9.90 Å². The van der Waals surface area contributed by atoms with Crippen LogP contribution in [0.1, 0.15) is 97.3 Å². The zero-order valence-corrected chi connectivity index (χ0v) is 15.4. The highest BCUT2D eigenvalue weighted by atomic mass is 16.4. The van der Waals surface area contributed by atoms with Crippen molar-refractivity contribution in [1.82, 2.24) is 0 Å². The van der Waals surface area contributed by atoms with Crippen LogP contribution in [-0.4, -0.2) is 11.1 Å². The quantitative estimate of drug-likeness (QED) is 0.190. The van der Waals surface area contributed by atoms with E-state index in [2.05, 4.69) is 26.0 Å². The van der Waals surface area contributed by atoms with Crippen LogP contribution in [0.5, 0.6) is 0 Å². The Morgan fingerprint density at radius 2 is 1.39 bits per heavy atom. The number of aliphatic carboxylic acids is 1. The van der Waals surface area contributed by atoms with E-state index in [1.54, 1.807) is 6.08 Å². The van der Waals surface area contributed by atoms with Gasteiger partial charge in [-0.15, -0.1) is 0 Å². The van der Waals surface area contributed by atoms with Crippen LogP contribution < -0.4 is 0 Å². The second kappa shape index (κ2) is 17.3. The molecule has 0 radical (unpaired) electrons. The van der Waals surface area contributed by atoms with Crippen molar-refractivity contribution in [3.63, 3.8) is 0 Å². The van der Waals surface area contributed by atoms with Gasteiger partial charge in [-0.05, 0) is 38.0 Å². The summed E-state index contributed by atoms with van der Waals surface area (Å²) in [4.78, 5) is 10.4. The SMILES string of the molecule is CCCCCCCCCCCC=CCCCC(C)C=CC(=O)O. The number of unbranched alkanes of at least 4 members (excludes halogenated alkanes) is 10. The third kappa shape index (κ3) is 18.9. The minimum absolute atomic E-state index is 0.358. The Morgan fingerprint density at radius 3 is 1.96 bits per heavy atom. The summed E-state index contributed by atoms with van der Waals surface area (Å²) in [5.74, 6) is -0.491. The van der Waals surface area contributed by atoms with Crippen molar-refractivity contribution in [3.05, 3.63) is 24.3 Å². The van der Waals surface area contributed by atoms with Gasteiger partial charge in [0.1, 0.15) is 0 Å². The molecule has 0 aromatic carbocycles. The third-order valence-electron chi connectivity index (χ3n) is 4.24. The summed E-state index contributed by atoms with van der Waals surface area (Å²) in [6, 6.07) is 0. The summed E-state index contributed by atoms with van der Waals surface area (Å²) >= 11 is 0. The van der Waals surface area contributed by atoms with Gasteiger partial charge in [-0.1, -0.05) is 83.4 Å². The van der Waals surface area contributed by atoms with Crippen molar-refractivity contribution >= 4 is 5.97 Å². The Hall–Kier alpha value is -1.05. The first-order valence-corrected chi connectivity index (χ1v) is 9.73. The molecule has 0 saturated heterocycles. The van der Waals surface area contributed by atoms with Gasteiger partial charge in [0.15, 0.2) is 0 Å². The highest BCUT2D eigenvalue weighted by Crippen LogP contribution is 2.12. The summed E-state index contributed by atoms with van der Waals surface area (Å²) in [5, 5.41) is 8.56. The predicted octanol–water partition coefficient (Wildman–Crippen LogP) is 6.91. The number of rotatable bonds is 16. The van der Waals surface area contributed by atoms with Gasteiger partial charge >= 0.3 is 5.97 Å². The maximum absolute atomic E-state index is 10.4. The van der Waals surface area contributed by atoms with E-state index in [0.29, 0.717) is 5.92 Å². The minimum Gasteiger partial charge on any atom is -0.478 e. The molecule has 0 aliphatic heterocycles. The first kappa shape index (κ1) is 21.9. The van der Waals surface area contributed by atoms with Gasteiger partial charge in [-0.2, -0.15) is 0 Å². The smallest absolute Gasteiger partial charge is 0.327 e. The van der Waals surface area contributed by atoms with Gasteiger partial charge in [0.05, 0.1) is 0 Å². The molecule has 23 heavy (non-hydrogen) atoms. The van der Waals surface area contributed by atoms with Crippen molar-refractivity contribution in [2.75, 3.05) is 0 Å². The van der Waals surface area contributed by atoms with Crippen molar-refractivity contribution in [2.45, 2.75) is 97.3 Å². The van der Waals surface area contributed by atoms with E-state index in [1.165, 1.54) is 70.3 Å². The second-order valence-corrected chi connectivity index (χ2v) is 6.69. The Kier molecular flexibility index (Phi) is 16.5. The number of carbonyl (C=O) groups is 1. The number of hydrogen-bond acceptors (Lipinski definition) is 1. The first-order chi connectivity index (χ1) is 11.2. The van der Waals surface area contributed by atoms with Crippen LogP contribution in [0.4, 0.5) is 0 Å². The van der Waals surface area contributed by atoms with E-state index >= 15 is 0 Å². The van der Waals surface area contributed by atoms with Gasteiger partial charge in [-0.3, -0.25) is 0 Å². The molecule has 0 amide bonds. The fraction of sp³-hybridized carbons (Fsp3) is 0.762. The fourth-order valence-electron chi connectivity index (χ4n) is 2.71. The zero-order chi connectivity index (χ0) is 17.2. The highest BCUT2D eigenvalue weighted by Gasteiger charge is 1.97. The van der Waals surface area contributed by atoms with Gasteiger partial charge in [0.25, 0.3) is 0 Å². The van der Waals surface area contributed by atoms with Crippen LogP contribution in [0.15, 0.2) is 24.3 Å². The van der Waals surface area contributed by atoms with E-state index in [4.69, 9.17) is 5.11 Å². The molecule has 1 atom stereocenters. The zero-order valence-electron chi connectivity index (χ0n) is 15.4. The van der Waals surface area contributed by atoms with Crippen LogP contribution in [0.3, 0.4) is 0 Å². The Morgan fingerprint density at radius 1 is 0.870 bits per heavy atom. The lowest BCUT2D eigenvalue weighted by Crippen LogP contribution is -1.93. The molecule has 0 fully saturated rings. The number of carboxylic acid groups (broad SMARTS) is 1. The standard InChI is InChI=1S/C21H38O2/c1-3-4-5-6-7-8-9-10-11-12-13-14-15-16-17-20(2)18-19-21(22)23/h13-14,18-20H,3-12,15-17H2,1-2H3,(H,22,23). The minimum atomic E-state index is -0.849. The summed E-state index contributed by atoms with van der Waals surface area (Å²) in [6.07, 6.45) is 24.7. The Balaban J connectivity index is 3.27. The van der Waals surface area contributed by atoms with Crippen molar-refractivity contribution in [1.29, 1.82) is 0 Å². The maximum atomic E-state index is 10.4. The molecule has 1 unspecified atom stereocenters. The van der Waals surface area contributed by atoms with Gasteiger partial charge in [-0.25, -0.2) is 4.79 Å². The van der Waals surface area contributed by atoms with Crippen LogP contribution in [0.2, 0.25) is 0 Å². The summed E-state index contributed by atoms with van der Waals surface area (Å²) in [7, 11) is 0. The molecular formula is C21H38O2. The largest absolute Gasteiger partial charge is 0.478 e. The molecule has 0 aliphatic carbocycles. The van der Waals surface area contributed by atoms with Gasteiger partial charge in [0, 0.05) is 6.08 Å². The lowest BCUT2D eigenvalue weighted by molar-refractivity contribution is -0.131. The van der Waals surface area contributed by atoms with E-state index in [9.17, 15) is 4.79 Å². The molecule has 0 spiro atoms. The van der Waals surface area contributed by atoms with Crippen molar-refractivity contribution in [2.24, 2.45) is 5.92 Å². The van der Waals surface area contributed by atoms with Crippen LogP contribution in [-0.2, 0) is 4.79 Å². The Bertz CT molecular complexity index is 318. The lowest BCUT2D eigenvalue weighted by atomic mass is 10.0. The van der Waals surface area contributed by atoms with E-state index in [-0.39, 0.29) is 0 Å². The average Bonchev–Trinajstić information content (AvgIpc) is 2.53. The molecule has 2 heteroatoms. The maximum Gasteiger partial charge on any atom is 0.327 e. The molecular weight excluding hydrogens is 284 g/mol. The molecule has 0 heterocycles. The van der Waals surface area contributed by atoms with E-state index in [0.717, 1.165) is 19.3 Å². The molecule has 0 rings (SSSR count). The predicted molar refractivity (Wildman–Crippen MR) is 101 cm³/mol. The summed E-state index contributed by atoms with van der Waals surface area (Å²) in [5.41, 5.74) is 0. The molecule has 2 nitrogen and oxygen atoms in total. The number of carboxylic acids is 1.